The van der Waals surface area contributed by atoms with Crippen molar-refractivity contribution >= 4 is 10.8 Å². The summed E-state index contributed by atoms with van der Waals surface area (Å²) in [6.45, 7) is 7.03. The fraction of sp³-hybridized carbons (Fsp3) is 0.167. The Morgan fingerprint density at radius 1 is 1.19 bits per heavy atom. The summed E-state index contributed by atoms with van der Waals surface area (Å²) in [7, 11) is 0. The van der Waals surface area contributed by atoms with Crippen LogP contribution in [0.5, 0.6) is 5.75 Å². The normalized spacial score (nSPS) is 10.7. The maximum atomic E-state index is 5.56. The first-order chi connectivity index (χ1) is 10.2. The van der Waals surface area contributed by atoms with Crippen molar-refractivity contribution < 1.29 is 4.74 Å². The largest absolute Gasteiger partial charge is 0.490 e. The second kappa shape index (κ2) is 5.83. The van der Waals surface area contributed by atoms with E-state index in [-0.39, 0.29) is 0 Å². The highest BCUT2D eigenvalue weighted by atomic mass is 16.5. The number of ether oxygens (including phenoxy) is 1. The number of benzene rings is 2. The molecule has 3 nitrogen and oxygen atoms in total. The summed E-state index contributed by atoms with van der Waals surface area (Å²) in [6, 6.07) is 12.6. The lowest BCUT2D eigenvalue weighted by atomic mass is 10.1. The van der Waals surface area contributed by atoms with Gasteiger partial charge >= 0.3 is 0 Å². The first-order valence-corrected chi connectivity index (χ1v) is 7.00. The molecule has 0 fully saturated rings. The average Bonchev–Trinajstić information content (AvgIpc) is 2.90. The molecule has 0 radical (unpaired) electrons. The minimum atomic E-state index is 0.530. The van der Waals surface area contributed by atoms with Gasteiger partial charge in [0.1, 0.15) is 12.4 Å². The van der Waals surface area contributed by atoms with E-state index in [2.05, 4.69) is 55.1 Å². The molecule has 0 saturated carbocycles. The molecule has 0 amide bonds. The van der Waals surface area contributed by atoms with Gasteiger partial charge in [-0.05, 0) is 47.0 Å². The van der Waals surface area contributed by atoms with Crippen LogP contribution in [0.25, 0.3) is 10.8 Å². The van der Waals surface area contributed by atoms with Crippen molar-refractivity contribution in [1.82, 2.24) is 9.78 Å². The predicted octanol–water partition coefficient (Wildman–Crippen LogP) is 3.96. The van der Waals surface area contributed by atoms with Crippen LogP contribution in [0.3, 0.4) is 0 Å². The SMILES string of the molecule is C=CCOc1ccc2cc(Cn3cc(C)cn3)ccc2c1. The fourth-order valence-electron chi connectivity index (χ4n) is 2.36. The van der Waals surface area contributed by atoms with Crippen molar-refractivity contribution in [2.75, 3.05) is 6.61 Å². The number of rotatable bonds is 5. The van der Waals surface area contributed by atoms with Crippen LogP contribution in [0, 0.1) is 6.92 Å². The Labute approximate surface area is 124 Å². The summed E-state index contributed by atoms with van der Waals surface area (Å²) in [5, 5.41) is 6.71. The van der Waals surface area contributed by atoms with E-state index in [1.54, 1.807) is 6.08 Å². The molecule has 0 bridgehead atoms. The van der Waals surface area contributed by atoms with Crippen molar-refractivity contribution in [3.05, 3.63) is 72.6 Å². The van der Waals surface area contributed by atoms with Gasteiger partial charge < -0.3 is 4.74 Å². The summed E-state index contributed by atoms with van der Waals surface area (Å²) < 4.78 is 7.52. The molecule has 2 aromatic carbocycles. The molecule has 3 heteroatoms. The van der Waals surface area contributed by atoms with Gasteiger partial charge in [-0.2, -0.15) is 5.10 Å². The molecule has 3 aromatic rings. The Morgan fingerprint density at radius 2 is 2.00 bits per heavy atom. The molecule has 0 aliphatic heterocycles. The molecule has 0 aliphatic rings. The minimum absolute atomic E-state index is 0.530. The Morgan fingerprint density at radius 3 is 2.76 bits per heavy atom. The molecule has 106 valence electrons. The van der Waals surface area contributed by atoms with Crippen LogP contribution in [-0.2, 0) is 6.54 Å². The van der Waals surface area contributed by atoms with Crippen LogP contribution < -0.4 is 4.74 Å². The minimum Gasteiger partial charge on any atom is -0.490 e. The average molecular weight is 278 g/mol. The van der Waals surface area contributed by atoms with E-state index in [1.165, 1.54) is 21.9 Å². The van der Waals surface area contributed by atoms with Crippen molar-refractivity contribution in [3.8, 4) is 5.75 Å². The van der Waals surface area contributed by atoms with Gasteiger partial charge in [0.15, 0.2) is 0 Å². The zero-order chi connectivity index (χ0) is 14.7. The van der Waals surface area contributed by atoms with E-state index >= 15 is 0 Å². The maximum Gasteiger partial charge on any atom is 0.120 e. The van der Waals surface area contributed by atoms with E-state index in [0.29, 0.717) is 6.61 Å². The zero-order valence-corrected chi connectivity index (χ0v) is 12.1. The Hall–Kier alpha value is -2.55. The van der Waals surface area contributed by atoms with Crippen LogP contribution >= 0.6 is 0 Å². The third-order valence-electron chi connectivity index (χ3n) is 3.35. The standard InChI is InChI=1S/C18H18N2O/c1-3-8-21-18-7-6-16-9-15(4-5-17(16)10-18)13-20-12-14(2)11-19-20/h3-7,9-12H,1,8,13H2,2H3. The summed E-state index contributed by atoms with van der Waals surface area (Å²) in [5.41, 5.74) is 2.42. The molecule has 0 N–H and O–H groups in total. The van der Waals surface area contributed by atoms with Crippen molar-refractivity contribution in [1.29, 1.82) is 0 Å². The highest BCUT2D eigenvalue weighted by Gasteiger charge is 2.01. The molecule has 0 unspecified atom stereocenters. The van der Waals surface area contributed by atoms with Gasteiger partial charge in [-0.3, -0.25) is 4.68 Å². The molecule has 21 heavy (non-hydrogen) atoms. The molecule has 0 aliphatic carbocycles. The highest BCUT2D eigenvalue weighted by Crippen LogP contribution is 2.22. The van der Waals surface area contributed by atoms with E-state index in [9.17, 15) is 0 Å². The Kier molecular flexibility index (Phi) is 3.73. The Bertz CT molecular complexity index is 774. The molecule has 0 atom stereocenters. The zero-order valence-electron chi connectivity index (χ0n) is 12.1. The number of nitrogens with zero attached hydrogens (tertiary/aromatic N) is 2. The second-order valence-corrected chi connectivity index (χ2v) is 5.16. The lowest BCUT2D eigenvalue weighted by Gasteiger charge is -2.07. The van der Waals surface area contributed by atoms with Gasteiger partial charge in [0, 0.05) is 6.20 Å². The maximum absolute atomic E-state index is 5.56. The van der Waals surface area contributed by atoms with E-state index in [0.717, 1.165) is 12.3 Å². The van der Waals surface area contributed by atoms with Crippen LogP contribution in [0.4, 0.5) is 0 Å². The highest BCUT2D eigenvalue weighted by molar-refractivity contribution is 5.84. The number of aromatic nitrogens is 2. The van der Waals surface area contributed by atoms with Crippen molar-refractivity contribution in [2.45, 2.75) is 13.5 Å². The number of fused-ring (bicyclic) bond motifs is 1. The quantitative estimate of drug-likeness (QED) is 0.661. The van der Waals surface area contributed by atoms with E-state index in [4.69, 9.17) is 4.74 Å². The molecule has 0 spiro atoms. The molecule has 1 aromatic heterocycles. The lowest BCUT2D eigenvalue weighted by Crippen LogP contribution is -1.99. The molecular formula is C18H18N2O. The molecule has 1 heterocycles. The van der Waals surface area contributed by atoms with Gasteiger partial charge in [-0.15, -0.1) is 0 Å². The van der Waals surface area contributed by atoms with Gasteiger partial charge in [0.2, 0.25) is 0 Å². The topological polar surface area (TPSA) is 27.1 Å². The third-order valence-corrected chi connectivity index (χ3v) is 3.35. The lowest BCUT2D eigenvalue weighted by molar-refractivity contribution is 0.364. The van der Waals surface area contributed by atoms with Crippen molar-refractivity contribution in [3.63, 3.8) is 0 Å². The first kappa shape index (κ1) is 13.4. The van der Waals surface area contributed by atoms with Gasteiger partial charge in [0.25, 0.3) is 0 Å². The molecule has 3 rings (SSSR count). The van der Waals surface area contributed by atoms with Crippen LogP contribution in [-0.4, -0.2) is 16.4 Å². The van der Waals surface area contributed by atoms with Crippen LogP contribution in [0.15, 0.2) is 61.4 Å². The van der Waals surface area contributed by atoms with Crippen LogP contribution in [0.1, 0.15) is 11.1 Å². The summed E-state index contributed by atoms with van der Waals surface area (Å²) in [5.74, 6) is 0.873. The second-order valence-electron chi connectivity index (χ2n) is 5.16. The Balaban J connectivity index is 1.84. The van der Waals surface area contributed by atoms with Gasteiger partial charge in [0.05, 0.1) is 12.7 Å². The molecule has 0 saturated heterocycles. The van der Waals surface area contributed by atoms with E-state index < -0.39 is 0 Å². The fourth-order valence-corrected chi connectivity index (χ4v) is 2.36. The number of hydrogen-bond donors (Lipinski definition) is 0. The summed E-state index contributed by atoms with van der Waals surface area (Å²) >= 11 is 0. The monoisotopic (exact) mass is 278 g/mol. The van der Waals surface area contributed by atoms with Gasteiger partial charge in [-0.1, -0.05) is 30.9 Å². The van der Waals surface area contributed by atoms with E-state index in [1.807, 2.05) is 16.9 Å². The number of aryl methyl sites for hydroxylation is 1. The predicted molar refractivity (Wildman–Crippen MR) is 85.7 cm³/mol. The first-order valence-electron chi connectivity index (χ1n) is 7.00. The summed E-state index contributed by atoms with van der Waals surface area (Å²) in [4.78, 5) is 0. The molecular weight excluding hydrogens is 260 g/mol. The summed E-state index contributed by atoms with van der Waals surface area (Å²) in [6.07, 6.45) is 5.68. The number of hydrogen-bond acceptors (Lipinski definition) is 2. The van der Waals surface area contributed by atoms with Crippen molar-refractivity contribution in [2.24, 2.45) is 0 Å². The van der Waals surface area contributed by atoms with Gasteiger partial charge in [-0.25, -0.2) is 0 Å². The third kappa shape index (κ3) is 3.14. The smallest absolute Gasteiger partial charge is 0.120 e. The van der Waals surface area contributed by atoms with Crippen LogP contribution in [0.2, 0.25) is 0 Å².